The van der Waals surface area contributed by atoms with E-state index in [0.29, 0.717) is 0 Å². The Labute approximate surface area is 96.9 Å². The van der Waals surface area contributed by atoms with Crippen LogP contribution in [0.5, 0.6) is 0 Å². The normalized spacial score (nSPS) is 13.4. The fraction of sp³-hybridized carbons (Fsp3) is 0.308. The maximum Gasteiger partial charge on any atom is 0.404 e. The van der Waals surface area contributed by atoms with Crippen molar-refractivity contribution in [3.8, 4) is 0 Å². The first kappa shape index (κ1) is 14.2. The smallest absolute Gasteiger partial charge is 0.404 e. The third kappa shape index (κ3) is 7.62. The van der Waals surface area contributed by atoms with Crippen LogP contribution in [0.25, 0.3) is 0 Å². The van der Waals surface area contributed by atoms with E-state index >= 15 is 0 Å². The highest BCUT2D eigenvalue weighted by atomic mass is 16.4. The summed E-state index contributed by atoms with van der Waals surface area (Å²) in [6.07, 6.45) is 9.72. The molecule has 0 rings (SSSR count). The number of allylic oxidation sites excluding steroid dienone is 6. The average molecular weight is 221 g/mol. The Morgan fingerprint density at radius 3 is 2.62 bits per heavy atom. The Balaban J connectivity index is 4.09. The number of rotatable bonds is 7. The van der Waals surface area contributed by atoms with Crippen LogP contribution in [0.2, 0.25) is 0 Å². The zero-order chi connectivity index (χ0) is 12.4. The van der Waals surface area contributed by atoms with E-state index in [9.17, 15) is 4.79 Å². The molecule has 0 fully saturated rings. The monoisotopic (exact) mass is 221 g/mol. The summed E-state index contributed by atoms with van der Waals surface area (Å²) in [5, 5.41) is 10.9. The molecule has 16 heavy (non-hydrogen) atoms. The lowest BCUT2D eigenvalue weighted by molar-refractivity contribution is 0.190. The van der Waals surface area contributed by atoms with E-state index in [0.717, 1.165) is 18.4 Å². The topological polar surface area (TPSA) is 49.3 Å². The number of amides is 1. The molecule has 3 heteroatoms. The zero-order valence-electron chi connectivity index (χ0n) is 9.65. The molecule has 88 valence electrons. The number of carboxylic acid groups (broad SMARTS) is 1. The van der Waals surface area contributed by atoms with Crippen molar-refractivity contribution in [1.82, 2.24) is 5.32 Å². The molecule has 1 amide bonds. The lowest BCUT2D eigenvalue weighted by atomic mass is 10.1. The van der Waals surface area contributed by atoms with Gasteiger partial charge in [-0.25, -0.2) is 4.79 Å². The summed E-state index contributed by atoms with van der Waals surface area (Å²) in [6.45, 7) is 9.13. The number of hydrogen-bond donors (Lipinski definition) is 2. The minimum absolute atomic E-state index is 0.0516. The van der Waals surface area contributed by atoms with Gasteiger partial charge >= 0.3 is 6.09 Å². The summed E-state index contributed by atoms with van der Waals surface area (Å²) in [5.41, 5.74) is 1.08. The third-order valence-corrected chi connectivity index (χ3v) is 2.06. The molecule has 0 aliphatic heterocycles. The Kier molecular flexibility index (Phi) is 7.59. The SMILES string of the molecule is C=C/C=C\C=C(/C=C)CCC(C)NC(=O)O. The molecule has 0 aliphatic carbocycles. The van der Waals surface area contributed by atoms with Crippen molar-refractivity contribution in [1.29, 1.82) is 0 Å². The third-order valence-electron chi connectivity index (χ3n) is 2.06. The van der Waals surface area contributed by atoms with E-state index in [1.807, 2.05) is 25.2 Å². The molecule has 0 saturated heterocycles. The second kappa shape index (κ2) is 8.53. The van der Waals surface area contributed by atoms with Crippen molar-refractivity contribution >= 4 is 6.09 Å². The average Bonchev–Trinajstić information content (AvgIpc) is 2.22. The van der Waals surface area contributed by atoms with Crippen LogP contribution in [0.4, 0.5) is 4.79 Å². The molecular weight excluding hydrogens is 202 g/mol. The van der Waals surface area contributed by atoms with Gasteiger partial charge in [0.2, 0.25) is 0 Å². The van der Waals surface area contributed by atoms with E-state index < -0.39 is 6.09 Å². The fourth-order valence-electron chi connectivity index (χ4n) is 1.18. The van der Waals surface area contributed by atoms with E-state index in [-0.39, 0.29) is 6.04 Å². The lowest BCUT2D eigenvalue weighted by Gasteiger charge is -2.10. The Bertz CT molecular complexity index is 303. The molecule has 0 spiro atoms. The van der Waals surface area contributed by atoms with Gasteiger partial charge in [0.05, 0.1) is 0 Å². The molecule has 0 aliphatic rings. The van der Waals surface area contributed by atoms with Crippen LogP contribution in [0.15, 0.2) is 49.1 Å². The molecule has 0 aromatic carbocycles. The van der Waals surface area contributed by atoms with Gasteiger partial charge in [-0.2, -0.15) is 0 Å². The minimum Gasteiger partial charge on any atom is -0.465 e. The molecule has 0 aromatic rings. The van der Waals surface area contributed by atoms with Crippen molar-refractivity contribution in [3.63, 3.8) is 0 Å². The van der Waals surface area contributed by atoms with Gasteiger partial charge in [-0.15, -0.1) is 0 Å². The van der Waals surface area contributed by atoms with Crippen LogP contribution < -0.4 is 5.32 Å². The summed E-state index contributed by atoms with van der Waals surface area (Å²) >= 11 is 0. The first-order chi connectivity index (χ1) is 7.60. The number of carbonyl (C=O) groups is 1. The highest BCUT2D eigenvalue weighted by Gasteiger charge is 2.04. The molecule has 1 atom stereocenters. The summed E-state index contributed by atoms with van der Waals surface area (Å²) < 4.78 is 0. The Hall–Kier alpha value is -1.77. The molecular formula is C13H19NO2. The second-order valence-corrected chi connectivity index (χ2v) is 3.46. The Morgan fingerprint density at radius 1 is 1.44 bits per heavy atom. The highest BCUT2D eigenvalue weighted by Crippen LogP contribution is 2.08. The Morgan fingerprint density at radius 2 is 2.12 bits per heavy atom. The van der Waals surface area contributed by atoms with E-state index in [1.54, 1.807) is 12.2 Å². The summed E-state index contributed by atoms with van der Waals surface area (Å²) in [4.78, 5) is 10.4. The van der Waals surface area contributed by atoms with Crippen LogP contribution in [0.1, 0.15) is 19.8 Å². The molecule has 3 nitrogen and oxygen atoms in total. The second-order valence-electron chi connectivity index (χ2n) is 3.46. The first-order valence-corrected chi connectivity index (χ1v) is 5.20. The summed E-state index contributed by atoms with van der Waals surface area (Å²) in [6, 6.07) is -0.0516. The summed E-state index contributed by atoms with van der Waals surface area (Å²) in [7, 11) is 0. The summed E-state index contributed by atoms with van der Waals surface area (Å²) in [5.74, 6) is 0. The fourth-order valence-corrected chi connectivity index (χ4v) is 1.18. The van der Waals surface area contributed by atoms with Gasteiger partial charge < -0.3 is 10.4 Å². The van der Waals surface area contributed by atoms with Crippen molar-refractivity contribution in [2.45, 2.75) is 25.8 Å². The maximum absolute atomic E-state index is 10.4. The van der Waals surface area contributed by atoms with Gasteiger partial charge in [0.1, 0.15) is 0 Å². The van der Waals surface area contributed by atoms with Crippen molar-refractivity contribution in [2.24, 2.45) is 0 Å². The highest BCUT2D eigenvalue weighted by molar-refractivity contribution is 5.64. The van der Waals surface area contributed by atoms with Gasteiger partial charge in [-0.3, -0.25) is 0 Å². The van der Waals surface area contributed by atoms with Crippen LogP contribution in [0.3, 0.4) is 0 Å². The number of hydrogen-bond acceptors (Lipinski definition) is 1. The molecule has 0 heterocycles. The standard InChI is InChI=1S/C13H19NO2/c1-4-6-7-8-12(5-2)10-9-11(3)14-13(15)16/h4-8,11,14H,1-2,9-10H2,3H3,(H,15,16)/b7-6-,12-8+. The van der Waals surface area contributed by atoms with Gasteiger partial charge in [-0.05, 0) is 25.3 Å². The predicted octanol–water partition coefficient (Wildman–Crippen LogP) is 3.28. The quantitative estimate of drug-likeness (QED) is 0.648. The minimum atomic E-state index is -0.983. The molecule has 2 N–H and O–H groups in total. The van der Waals surface area contributed by atoms with Crippen LogP contribution in [-0.4, -0.2) is 17.2 Å². The van der Waals surface area contributed by atoms with Gasteiger partial charge in [-0.1, -0.05) is 43.5 Å². The molecule has 0 aromatic heterocycles. The van der Waals surface area contributed by atoms with Crippen LogP contribution in [-0.2, 0) is 0 Å². The van der Waals surface area contributed by atoms with Gasteiger partial charge in [0.25, 0.3) is 0 Å². The van der Waals surface area contributed by atoms with Gasteiger partial charge in [0, 0.05) is 6.04 Å². The molecule has 0 bridgehead atoms. The number of nitrogens with one attached hydrogen (secondary N) is 1. The van der Waals surface area contributed by atoms with Crippen LogP contribution >= 0.6 is 0 Å². The van der Waals surface area contributed by atoms with Crippen molar-refractivity contribution in [2.75, 3.05) is 0 Å². The van der Waals surface area contributed by atoms with E-state index in [1.165, 1.54) is 0 Å². The van der Waals surface area contributed by atoms with E-state index in [2.05, 4.69) is 18.5 Å². The van der Waals surface area contributed by atoms with Crippen LogP contribution in [0, 0.1) is 0 Å². The molecule has 0 saturated carbocycles. The van der Waals surface area contributed by atoms with E-state index in [4.69, 9.17) is 5.11 Å². The lowest BCUT2D eigenvalue weighted by Crippen LogP contribution is -2.30. The molecule has 1 unspecified atom stereocenters. The largest absolute Gasteiger partial charge is 0.465 e. The predicted molar refractivity (Wildman–Crippen MR) is 67.5 cm³/mol. The van der Waals surface area contributed by atoms with Crippen molar-refractivity contribution < 1.29 is 9.90 Å². The molecule has 0 radical (unpaired) electrons. The van der Waals surface area contributed by atoms with Gasteiger partial charge in [0.15, 0.2) is 0 Å². The van der Waals surface area contributed by atoms with Crippen molar-refractivity contribution in [3.05, 3.63) is 49.1 Å². The zero-order valence-corrected chi connectivity index (χ0v) is 9.65. The maximum atomic E-state index is 10.4. The first-order valence-electron chi connectivity index (χ1n) is 5.20.